The molecule has 0 aliphatic carbocycles. The molecular formula is C22H23N3O2. The molecule has 4 rings (SSSR count). The Kier molecular flexibility index (Phi) is 3.84. The van der Waals surface area contributed by atoms with E-state index in [-0.39, 0.29) is 11.5 Å². The Morgan fingerprint density at radius 2 is 1.93 bits per heavy atom. The maximum absolute atomic E-state index is 13.4. The van der Waals surface area contributed by atoms with Crippen LogP contribution in [0.2, 0.25) is 0 Å². The summed E-state index contributed by atoms with van der Waals surface area (Å²) in [6.07, 6.45) is 0.680. The Bertz CT molecular complexity index is 971. The first kappa shape index (κ1) is 17.3. The number of nitrogens with one attached hydrogen (secondary N) is 1. The van der Waals surface area contributed by atoms with Crippen LogP contribution in [0, 0.1) is 6.92 Å². The first-order valence-electron chi connectivity index (χ1n) is 9.04. The second-order valence-electron chi connectivity index (χ2n) is 7.61. The van der Waals surface area contributed by atoms with E-state index in [1.165, 1.54) is 5.56 Å². The van der Waals surface area contributed by atoms with Crippen molar-refractivity contribution in [2.24, 2.45) is 4.99 Å². The molecule has 5 nitrogen and oxygen atoms in total. The van der Waals surface area contributed by atoms with E-state index in [4.69, 9.17) is 0 Å². The standard InChI is InChI=1S/C22H23N3O2/c1-13-9-15(12-16(26)10-13)25-21(23-4)19(20(27)22(25,2)3)18-11-14-7-5-6-8-17(14)24-18/h5-10,12,24,26H,11H2,1-4H3. The minimum absolute atomic E-state index is 0.0272. The predicted octanol–water partition coefficient (Wildman–Crippen LogP) is 3.82. The summed E-state index contributed by atoms with van der Waals surface area (Å²) >= 11 is 0. The summed E-state index contributed by atoms with van der Waals surface area (Å²) in [6, 6.07) is 13.4. The van der Waals surface area contributed by atoms with E-state index in [1.54, 1.807) is 19.2 Å². The minimum atomic E-state index is -0.798. The van der Waals surface area contributed by atoms with Gasteiger partial charge in [0.1, 0.15) is 17.1 Å². The van der Waals surface area contributed by atoms with Crippen LogP contribution >= 0.6 is 0 Å². The van der Waals surface area contributed by atoms with Crippen LogP contribution in [0.4, 0.5) is 11.4 Å². The third-order valence-corrected chi connectivity index (χ3v) is 5.27. The van der Waals surface area contributed by atoms with Crippen LogP contribution in [0.5, 0.6) is 5.75 Å². The number of aryl methyl sites for hydroxylation is 1. The molecule has 2 aliphatic rings. The molecule has 0 aromatic heterocycles. The van der Waals surface area contributed by atoms with Crippen LogP contribution in [0.25, 0.3) is 0 Å². The number of hydrogen-bond acceptors (Lipinski definition) is 4. The summed E-state index contributed by atoms with van der Waals surface area (Å²) in [5.74, 6) is 0.834. The van der Waals surface area contributed by atoms with Gasteiger partial charge in [-0.05, 0) is 50.1 Å². The molecule has 0 amide bonds. The van der Waals surface area contributed by atoms with Crippen LogP contribution in [0.3, 0.4) is 0 Å². The fourth-order valence-corrected chi connectivity index (χ4v) is 4.03. The molecule has 138 valence electrons. The second-order valence-corrected chi connectivity index (χ2v) is 7.61. The van der Waals surface area contributed by atoms with Gasteiger partial charge >= 0.3 is 0 Å². The zero-order valence-corrected chi connectivity index (χ0v) is 16.0. The largest absolute Gasteiger partial charge is 0.508 e. The molecule has 1 saturated heterocycles. The third-order valence-electron chi connectivity index (χ3n) is 5.27. The van der Waals surface area contributed by atoms with Crippen molar-refractivity contribution in [3.63, 3.8) is 0 Å². The smallest absolute Gasteiger partial charge is 0.193 e. The zero-order chi connectivity index (χ0) is 19.3. The van der Waals surface area contributed by atoms with Crippen molar-refractivity contribution < 1.29 is 9.90 Å². The van der Waals surface area contributed by atoms with E-state index >= 15 is 0 Å². The zero-order valence-electron chi connectivity index (χ0n) is 16.0. The highest BCUT2D eigenvalue weighted by molar-refractivity contribution is 6.37. The van der Waals surface area contributed by atoms with Crippen LogP contribution in [-0.2, 0) is 11.2 Å². The van der Waals surface area contributed by atoms with Gasteiger partial charge in [0.15, 0.2) is 5.78 Å². The highest BCUT2D eigenvalue weighted by atomic mass is 16.3. The molecule has 5 heteroatoms. The number of Topliss-reactive ketones (excluding diaryl/α,β-unsaturated/α-hetero) is 1. The Morgan fingerprint density at radius 3 is 2.59 bits per heavy atom. The third kappa shape index (κ3) is 2.62. The average molecular weight is 361 g/mol. The van der Waals surface area contributed by atoms with Crippen molar-refractivity contribution in [2.45, 2.75) is 32.7 Å². The summed E-state index contributed by atoms with van der Waals surface area (Å²) in [5, 5.41) is 13.5. The van der Waals surface area contributed by atoms with E-state index < -0.39 is 5.54 Å². The number of aromatic hydroxyl groups is 1. The van der Waals surface area contributed by atoms with Crippen molar-refractivity contribution in [1.29, 1.82) is 0 Å². The lowest BCUT2D eigenvalue weighted by Crippen LogP contribution is -2.44. The number of benzene rings is 2. The number of para-hydroxylation sites is 1. The Morgan fingerprint density at radius 1 is 1.19 bits per heavy atom. The summed E-state index contributed by atoms with van der Waals surface area (Å²) in [5.41, 5.74) is 4.61. The van der Waals surface area contributed by atoms with Gasteiger partial charge in [-0.3, -0.25) is 9.79 Å². The van der Waals surface area contributed by atoms with Gasteiger partial charge in [0.05, 0.1) is 5.57 Å². The van der Waals surface area contributed by atoms with Gasteiger partial charge in [0, 0.05) is 36.6 Å². The molecule has 0 saturated carbocycles. The number of nitrogens with zero attached hydrogens (tertiary/aromatic N) is 2. The van der Waals surface area contributed by atoms with Gasteiger partial charge in [-0.15, -0.1) is 0 Å². The fraction of sp³-hybridized carbons (Fsp3) is 0.273. The summed E-state index contributed by atoms with van der Waals surface area (Å²) in [4.78, 5) is 19.8. The molecule has 0 unspecified atom stereocenters. The van der Waals surface area contributed by atoms with E-state index in [1.807, 2.05) is 49.9 Å². The highest BCUT2D eigenvalue weighted by Crippen LogP contribution is 2.40. The van der Waals surface area contributed by atoms with Gasteiger partial charge in [-0.2, -0.15) is 0 Å². The first-order chi connectivity index (χ1) is 12.8. The molecular weight excluding hydrogens is 338 g/mol. The highest BCUT2D eigenvalue weighted by Gasteiger charge is 2.50. The molecule has 0 bridgehead atoms. The van der Waals surface area contributed by atoms with E-state index in [2.05, 4.69) is 16.4 Å². The summed E-state index contributed by atoms with van der Waals surface area (Å²) < 4.78 is 0. The van der Waals surface area contributed by atoms with Crippen molar-refractivity contribution in [3.05, 3.63) is 64.9 Å². The van der Waals surface area contributed by atoms with Gasteiger partial charge in [-0.1, -0.05) is 18.2 Å². The average Bonchev–Trinajstić information content (AvgIpc) is 3.10. The summed E-state index contributed by atoms with van der Waals surface area (Å²) in [6.45, 7) is 5.72. The van der Waals surface area contributed by atoms with Gasteiger partial charge in [0.2, 0.25) is 0 Å². The first-order valence-corrected chi connectivity index (χ1v) is 9.04. The normalized spacial score (nSPS) is 22.3. The molecule has 0 spiro atoms. The Hall–Kier alpha value is -3.08. The van der Waals surface area contributed by atoms with E-state index in [0.717, 1.165) is 22.6 Å². The van der Waals surface area contributed by atoms with Gasteiger partial charge in [-0.25, -0.2) is 0 Å². The lowest BCUT2D eigenvalue weighted by molar-refractivity contribution is -0.118. The molecule has 2 heterocycles. The minimum Gasteiger partial charge on any atom is -0.508 e. The number of hydrogen-bond donors (Lipinski definition) is 2. The fourth-order valence-electron chi connectivity index (χ4n) is 4.03. The van der Waals surface area contributed by atoms with Crippen molar-refractivity contribution in [2.75, 3.05) is 17.3 Å². The predicted molar refractivity (Wildman–Crippen MR) is 109 cm³/mol. The van der Waals surface area contributed by atoms with Crippen LogP contribution < -0.4 is 10.2 Å². The maximum Gasteiger partial charge on any atom is 0.193 e. The van der Waals surface area contributed by atoms with Crippen LogP contribution in [0.1, 0.15) is 25.0 Å². The molecule has 1 fully saturated rings. The molecule has 27 heavy (non-hydrogen) atoms. The lowest BCUT2D eigenvalue weighted by atomic mass is 9.95. The van der Waals surface area contributed by atoms with Crippen LogP contribution in [-0.4, -0.2) is 29.3 Å². The van der Waals surface area contributed by atoms with E-state index in [0.29, 0.717) is 17.8 Å². The SMILES string of the molecule is CN=C1C(=C2Cc3ccccc3N2)C(=O)C(C)(C)N1c1cc(C)cc(O)c1. The topological polar surface area (TPSA) is 64.9 Å². The number of ketones is 1. The molecule has 0 atom stereocenters. The number of carbonyl (C=O) groups excluding carboxylic acids is 1. The van der Waals surface area contributed by atoms with Crippen molar-refractivity contribution in [3.8, 4) is 5.75 Å². The number of anilines is 2. The quantitative estimate of drug-likeness (QED) is 0.758. The number of phenols is 1. The number of fused-ring (bicyclic) bond motifs is 1. The van der Waals surface area contributed by atoms with Crippen LogP contribution in [0.15, 0.2) is 58.7 Å². The number of allylic oxidation sites excluding steroid dienone is 1. The number of amidine groups is 1. The van der Waals surface area contributed by atoms with Gasteiger partial charge in [0.25, 0.3) is 0 Å². The molecule has 2 aliphatic heterocycles. The second kappa shape index (κ2) is 5.98. The maximum atomic E-state index is 13.4. The molecule has 2 aromatic rings. The molecule has 2 N–H and O–H groups in total. The van der Waals surface area contributed by atoms with Crippen molar-refractivity contribution in [1.82, 2.24) is 0 Å². The Labute approximate surface area is 159 Å². The van der Waals surface area contributed by atoms with Gasteiger partial charge < -0.3 is 15.3 Å². The monoisotopic (exact) mass is 361 g/mol. The number of rotatable bonds is 1. The number of carbonyl (C=O) groups is 1. The lowest BCUT2D eigenvalue weighted by Gasteiger charge is -2.31. The number of aliphatic imine (C=N–C) groups is 1. The number of phenolic OH excluding ortho intramolecular Hbond substituents is 1. The summed E-state index contributed by atoms with van der Waals surface area (Å²) in [7, 11) is 1.70. The molecule has 0 radical (unpaired) electrons. The Balaban J connectivity index is 1.87. The molecule has 2 aromatic carbocycles. The van der Waals surface area contributed by atoms with Crippen molar-refractivity contribution >= 4 is 23.0 Å². The van der Waals surface area contributed by atoms with E-state index in [9.17, 15) is 9.90 Å².